The van der Waals surface area contributed by atoms with E-state index in [1.54, 1.807) is 30.3 Å². The van der Waals surface area contributed by atoms with E-state index >= 15 is 0 Å². The fraction of sp³-hybridized carbons (Fsp3) is 0.222. The van der Waals surface area contributed by atoms with Gasteiger partial charge in [0.15, 0.2) is 0 Å². The van der Waals surface area contributed by atoms with Gasteiger partial charge in [0.1, 0.15) is 11.6 Å². The summed E-state index contributed by atoms with van der Waals surface area (Å²) in [5.41, 5.74) is 0.933. The second-order valence-electron chi connectivity index (χ2n) is 5.44. The Morgan fingerprint density at radius 3 is 2.29 bits per heavy atom. The summed E-state index contributed by atoms with van der Waals surface area (Å²) in [6, 6.07) is 11.1. The molecule has 0 atom stereocenters. The molecule has 0 saturated heterocycles. The van der Waals surface area contributed by atoms with Gasteiger partial charge in [-0.3, -0.25) is 14.5 Å². The predicted octanol–water partition coefficient (Wildman–Crippen LogP) is 4.04. The number of nitrogens with zero attached hydrogens (tertiary/aromatic N) is 1. The van der Waals surface area contributed by atoms with Gasteiger partial charge in [0, 0.05) is 6.54 Å². The van der Waals surface area contributed by atoms with E-state index in [4.69, 9.17) is 4.74 Å². The molecule has 1 aliphatic heterocycles. The number of amides is 2. The number of benzene rings is 2. The number of imide groups is 1. The number of fused-ring (bicyclic) bond motifs is 1. The average molecular weight is 392 g/mol. The fourth-order valence-corrected chi connectivity index (χ4v) is 3.05. The number of unbranched alkanes of at least 4 members (excludes halogenated alkanes) is 1. The standard InChI is InChI=1S/C18H15BrFNO3/c19-15-11-12(20)7-8-16(15)24-10-4-3-9-21-17(22)13-5-1-2-6-14(13)18(21)23/h1-2,5-8,11H,3-4,9-10H2. The minimum atomic E-state index is -0.333. The molecular formula is C18H15BrFNO3. The molecule has 1 aliphatic rings. The molecule has 124 valence electrons. The smallest absolute Gasteiger partial charge is 0.261 e. The molecule has 1 heterocycles. The maximum atomic E-state index is 13.0. The van der Waals surface area contributed by atoms with Gasteiger partial charge in [0.2, 0.25) is 0 Å². The third-order valence-corrected chi connectivity index (χ3v) is 4.43. The van der Waals surface area contributed by atoms with Crippen LogP contribution in [0.25, 0.3) is 0 Å². The molecule has 0 N–H and O–H groups in total. The molecule has 0 fully saturated rings. The van der Waals surface area contributed by atoms with Crippen LogP contribution in [0.4, 0.5) is 4.39 Å². The molecular weight excluding hydrogens is 377 g/mol. The molecule has 2 aromatic rings. The van der Waals surface area contributed by atoms with Crippen molar-refractivity contribution < 1.29 is 18.7 Å². The van der Waals surface area contributed by atoms with Crippen LogP contribution in [0.15, 0.2) is 46.9 Å². The van der Waals surface area contributed by atoms with Gasteiger partial charge < -0.3 is 4.74 Å². The summed E-state index contributed by atoms with van der Waals surface area (Å²) >= 11 is 3.24. The zero-order chi connectivity index (χ0) is 17.1. The Labute approximate surface area is 147 Å². The van der Waals surface area contributed by atoms with E-state index < -0.39 is 0 Å². The van der Waals surface area contributed by atoms with Crippen molar-refractivity contribution in [2.45, 2.75) is 12.8 Å². The van der Waals surface area contributed by atoms with Gasteiger partial charge in [-0.1, -0.05) is 12.1 Å². The summed E-state index contributed by atoms with van der Waals surface area (Å²) in [7, 11) is 0. The van der Waals surface area contributed by atoms with Crippen LogP contribution in [0.3, 0.4) is 0 Å². The van der Waals surface area contributed by atoms with Crippen molar-refractivity contribution in [1.29, 1.82) is 0 Å². The molecule has 0 radical (unpaired) electrons. The van der Waals surface area contributed by atoms with Gasteiger partial charge in [-0.2, -0.15) is 0 Å². The molecule has 0 aromatic heterocycles. The number of ether oxygens (including phenoxy) is 1. The van der Waals surface area contributed by atoms with Crippen LogP contribution in [0, 0.1) is 5.82 Å². The lowest BCUT2D eigenvalue weighted by molar-refractivity contribution is 0.0649. The summed E-state index contributed by atoms with van der Waals surface area (Å²) in [5.74, 6) is -0.243. The van der Waals surface area contributed by atoms with Gasteiger partial charge in [0.25, 0.3) is 11.8 Å². The Bertz CT molecular complexity index is 759. The highest BCUT2D eigenvalue weighted by atomic mass is 79.9. The number of carbonyl (C=O) groups is 2. The SMILES string of the molecule is O=C1c2ccccc2C(=O)N1CCCCOc1ccc(F)cc1Br. The molecule has 24 heavy (non-hydrogen) atoms. The number of carbonyl (C=O) groups excluding carboxylic acids is 2. The van der Waals surface area contributed by atoms with Crippen LogP contribution in [-0.2, 0) is 0 Å². The van der Waals surface area contributed by atoms with Gasteiger partial charge in [0.05, 0.1) is 22.2 Å². The second-order valence-corrected chi connectivity index (χ2v) is 6.29. The van der Waals surface area contributed by atoms with Crippen molar-refractivity contribution in [3.8, 4) is 5.75 Å². The lowest BCUT2D eigenvalue weighted by Gasteiger charge is -2.14. The van der Waals surface area contributed by atoms with E-state index in [0.29, 0.717) is 47.3 Å². The second kappa shape index (κ2) is 7.13. The largest absolute Gasteiger partial charge is 0.492 e. The van der Waals surface area contributed by atoms with E-state index in [9.17, 15) is 14.0 Å². The number of halogens is 2. The minimum absolute atomic E-state index is 0.238. The van der Waals surface area contributed by atoms with E-state index in [0.717, 1.165) is 0 Å². The van der Waals surface area contributed by atoms with Crippen molar-refractivity contribution in [2.24, 2.45) is 0 Å². The highest BCUT2D eigenvalue weighted by Crippen LogP contribution is 2.26. The van der Waals surface area contributed by atoms with Crippen LogP contribution < -0.4 is 4.74 Å². The van der Waals surface area contributed by atoms with Crippen LogP contribution in [0.1, 0.15) is 33.6 Å². The first kappa shape index (κ1) is 16.6. The zero-order valence-corrected chi connectivity index (χ0v) is 14.4. The Morgan fingerprint density at radius 2 is 1.67 bits per heavy atom. The Hall–Kier alpha value is -2.21. The first-order valence-corrected chi connectivity index (χ1v) is 8.40. The van der Waals surface area contributed by atoms with Crippen molar-refractivity contribution in [2.75, 3.05) is 13.2 Å². The molecule has 0 saturated carbocycles. The summed E-state index contributed by atoms with van der Waals surface area (Å²) in [6.07, 6.45) is 1.32. The summed E-state index contributed by atoms with van der Waals surface area (Å²) < 4.78 is 19.1. The Morgan fingerprint density at radius 1 is 1.00 bits per heavy atom. The molecule has 0 bridgehead atoms. The number of rotatable bonds is 6. The highest BCUT2D eigenvalue weighted by Gasteiger charge is 2.34. The number of hydrogen-bond acceptors (Lipinski definition) is 3. The molecule has 2 amide bonds. The molecule has 3 rings (SSSR count). The molecule has 0 unspecified atom stereocenters. The van der Waals surface area contributed by atoms with Gasteiger partial charge >= 0.3 is 0 Å². The predicted molar refractivity (Wildman–Crippen MR) is 90.6 cm³/mol. The molecule has 2 aromatic carbocycles. The van der Waals surface area contributed by atoms with Crippen LogP contribution >= 0.6 is 15.9 Å². The van der Waals surface area contributed by atoms with Gasteiger partial charge in [-0.15, -0.1) is 0 Å². The zero-order valence-electron chi connectivity index (χ0n) is 12.8. The maximum absolute atomic E-state index is 13.0. The lowest BCUT2D eigenvalue weighted by atomic mass is 10.1. The molecule has 0 aliphatic carbocycles. The first-order valence-electron chi connectivity index (χ1n) is 7.61. The third-order valence-electron chi connectivity index (χ3n) is 3.81. The van der Waals surface area contributed by atoms with Crippen molar-refractivity contribution in [1.82, 2.24) is 4.90 Å². The Balaban J connectivity index is 1.48. The monoisotopic (exact) mass is 391 g/mol. The van der Waals surface area contributed by atoms with E-state index in [1.807, 2.05) is 0 Å². The first-order chi connectivity index (χ1) is 11.6. The van der Waals surface area contributed by atoms with E-state index in [-0.39, 0.29) is 17.6 Å². The fourth-order valence-electron chi connectivity index (χ4n) is 2.59. The lowest BCUT2D eigenvalue weighted by Crippen LogP contribution is -2.30. The van der Waals surface area contributed by atoms with Crippen LogP contribution in [0.5, 0.6) is 5.75 Å². The molecule has 4 nitrogen and oxygen atoms in total. The van der Waals surface area contributed by atoms with Crippen LogP contribution in [0.2, 0.25) is 0 Å². The van der Waals surface area contributed by atoms with E-state index in [1.165, 1.54) is 17.0 Å². The maximum Gasteiger partial charge on any atom is 0.261 e. The van der Waals surface area contributed by atoms with Crippen LogP contribution in [-0.4, -0.2) is 29.9 Å². The number of hydrogen-bond donors (Lipinski definition) is 0. The van der Waals surface area contributed by atoms with Crippen molar-refractivity contribution in [3.63, 3.8) is 0 Å². The topological polar surface area (TPSA) is 46.6 Å². The summed E-state index contributed by atoms with van der Waals surface area (Å²) in [6.45, 7) is 0.785. The average Bonchev–Trinajstić information content (AvgIpc) is 2.81. The molecule has 0 spiro atoms. The summed E-state index contributed by atoms with van der Waals surface area (Å²) in [4.78, 5) is 25.7. The van der Waals surface area contributed by atoms with Gasteiger partial charge in [-0.25, -0.2) is 4.39 Å². The van der Waals surface area contributed by atoms with Gasteiger partial charge in [-0.05, 0) is 59.1 Å². The quantitative estimate of drug-likeness (QED) is 0.551. The van der Waals surface area contributed by atoms with Crippen molar-refractivity contribution in [3.05, 3.63) is 63.9 Å². The third kappa shape index (κ3) is 3.33. The van der Waals surface area contributed by atoms with E-state index in [2.05, 4.69) is 15.9 Å². The molecule has 6 heteroatoms. The summed E-state index contributed by atoms with van der Waals surface area (Å²) in [5, 5.41) is 0. The highest BCUT2D eigenvalue weighted by molar-refractivity contribution is 9.10. The minimum Gasteiger partial charge on any atom is -0.492 e. The Kier molecular flexibility index (Phi) is 4.94. The van der Waals surface area contributed by atoms with Crippen molar-refractivity contribution >= 4 is 27.7 Å². The normalized spacial score (nSPS) is 13.3.